The van der Waals surface area contributed by atoms with Gasteiger partial charge in [-0.3, -0.25) is 57.5 Å². The highest BCUT2D eigenvalue weighted by Crippen LogP contribution is 2.29. The number of amides is 12. The van der Waals surface area contributed by atoms with E-state index in [0.29, 0.717) is 48.2 Å². The number of fused-ring (bicyclic) bond motifs is 7. The van der Waals surface area contributed by atoms with E-state index in [0.717, 1.165) is 51.0 Å². The van der Waals surface area contributed by atoms with Gasteiger partial charge in [0.15, 0.2) is 11.4 Å². The molecule has 2 bridgehead atoms. The zero-order valence-electron chi connectivity index (χ0n) is 57.0. The van der Waals surface area contributed by atoms with E-state index in [1.165, 1.54) is 68.6 Å². The van der Waals surface area contributed by atoms with Crippen LogP contribution in [0.3, 0.4) is 0 Å². The number of likely N-dealkylation sites (N-methyl/N-ethyl adjacent to an activating group) is 6. The normalized spacial score (nSPS) is 20.1. The Balaban J connectivity index is 1.40. The van der Waals surface area contributed by atoms with Gasteiger partial charge in [-0.05, 0) is 37.1 Å². The molecule has 6 atom stereocenters. The fourth-order valence-corrected chi connectivity index (χ4v) is 12.8. The molecule has 6 rings (SSSR count). The number of ether oxygens (including phenoxy) is 6. The van der Waals surface area contributed by atoms with Crippen molar-refractivity contribution in [3.05, 3.63) is 72.1 Å². The molecule has 12 amide bonds. The van der Waals surface area contributed by atoms with Gasteiger partial charge in [-0.25, -0.2) is 9.97 Å². The summed E-state index contributed by atoms with van der Waals surface area (Å²) in [4.78, 5) is 189. The molecule has 4 aromatic rings. The molecule has 2 saturated heterocycles. The van der Waals surface area contributed by atoms with Gasteiger partial charge in [0.1, 0.15) is 61.0 Å². The van der Waals surface area contributed by atoms with Crippen molar-refractivity contribution in [2.24, 2.45) is 0 Å². The van der Waals surface area contributed by atoms with Crippen molar-refractivity contribution >= 4 is 114 Å². The minimum atomic E-state index is -1.75. The number of nitrogens with zero attached hydrogens (tertiary/aromatic N) is 8. The molecular formula is C64H88N14O20S2. The maximum absolute atomic E-state index is 15.4. The maximum Gasteiger partial charge on any atom is 0.274 e. The molecule has 2 aromatic heterocycles. The highest BCUT2D eigenvalue weighted by Gasteiger charge is 2.41. The lowest BCUT2D eigenvalue weighted by Gasteiger charge is -2.37. The van der Waals surface area contributed by atoms with Crippen molar-refractivity contribution < 1.29 is 96.2 Å². The Morgan fingerprint density at radius 1 is 0.510 bits per heavy atom. The van der Waals surface area contributed by atoms with Gasteiger partial charge in [0.2, 0.25) is 59.1 Å². The first kappa shape index (κ1) is 79.9. The molecule has 34 nitrogen and oxygen atoms in total. The van der Waals surface area contributed by atoms with E-state index >= 15 is 19.2 Å². The fraction of sp³-hybridized carbons (Fsp3) is 0.531. The van der Waals surface area contributed by atoms with Crippen molar-refractivity contribution in [1.82, 2.24) is 71.3 Å². The molecule has 0 saturated carbocycles. The van der Waals surface area contributed by atoms with Crippen LogP contribution in [0.2, 0.25) is 0 Å². The summed E-state index contributed by atoms with van der Waals surface area (Å²) >= 11 is 0. The second-order valence-electron chi connectivity index (χ2n) is 23.2. The van der Waals surface area contributed by atoms with Gasteiger partial charge < -0.3 is 99.9 Å². The van der Waals surface area contributed by atoms with Crippen LogP contribution in [0.5, 0.6) is 11.5 Å². The number of carbonyl (C=O) groups is 12. The monoisotopic (exact) mass is 1440 g/mol. The number of rotatable bonds is 26. The molecule has 36 heteroatoms. The first-order valence-electron chi connectivity index (χ1n) is 31.8. The van der Waals surface area contributed by atoms with E-state index in [1.807, 2.05) is 0 Å². The van der Waals surface area contributed by atoms with Gasteiger partial charge in [0.05, 0.1) is 77.0 Å². The van der Waals surface area contributed by atoms with Crippen molar-refractivity contribution in [1.29, 1.82) is 0 Å². The summed E-state index contributed by atoms with van der Waals surface area (Å²) in [6, 6.07) is 6.10. The van der Waals surface area contributed by atoms with Crippen LogP contribution >= 0.6 is 21.6 Å². The number of aromatic nitrogens is 2. The Labute approximate surface area is 585 Å². The Kier molecular flexibility index (Phi) is 32.2. The molecule has 4 heterocycles. The average Bonchev–Trinajstić information content (AvgIpc) is 0.820. The average molecular weight is 1440 g/mol. The number of hydrogen-bond donors (Lipinski definition) is 8. The van der Waals surface area contributed by atoms with Crippen molar-refractivity contribution in [3.8, 4) is 11.5 Å². The third-order valence-corrected chi connectivity index (χ3v) is 18.5. The number of nitrogens with one attached hydrogen (secondary N) is 6. The van der Waals surface area contributed by atoms with Gasteiger partial charge in [0.25, 0.3) is 11.8 Å². The molecule has 2 aliphatic heterocycles. The van der Waals surface area contributed by atoms with Crippen LogP contribution in [-0.4, -0.2) is 330 Å². The number of carbonyl (C=O) groups excluding carboxylic acids is 12. The summed E-state index contributed by atoms with van der Waals surface area (Å²) in [7, 11) is 12.5. The summed E-state index contributed by atoms with van der Waals surface area (Å²) < 4.78 is 31.6. The molecule has 546 valence electrons. The number of para-hydroxylation sites is 2. The third-order valence-electron chi connectivity index (χ3n) is 16.2. The molecule has 0 radical (unpaired) electrons. The number of benzene rings is 2. The predicted molar refractivity (Wildman–Crippen MR) is 364 cm³/mol. The third kappa shape index (κ3) is 23.3. The minimum Gasteiger partial charge on any atom is -0.505 e. The molecule has 8 N–H and O–H groups in total. The predicted octanol–water partition coefficient (Wildman–Crippen LogP) is -2.67. The standard InChI is InChI=1S/C64H88N14O20S2/c1-73-33-43(71-59(87)55-49(79)29-39-13-9-11-15-41(39)69-55)57(85)67-31-53(83)76(4)48-38-100-99-37-47(63(91)77(5)45(61(73)89)17-19-65-51(81)35-97-27-25-95-23-21-93-7)75(3)54(84)32-68-58(86)44(72-60(88)56-50(80)30-40-14-10-12-16-42(40)70-56)34-74(2)62(90)46(78(6)64(48)92)18-20-66-52(82)36-98-28-26-96-24-22-94-8/h9-16,29-30,43-48,79-80H,17-28,31-38H2,1-8H3,(H,65,81)(H,66,82)(H,67,85)(H,68,86)(H,71,87)(H,72,88)/t43-,44-,45+,46+,47+,48+/m1/s1. The quantitative estimate of drug-likeness (QED) is 0.0235. The topological polar surface area (TPSA) is 418 Å². The van der Waals surface area contributed by atoms with Crippen molar-refractivity contribution in [3.63, 3.8) is 0 Å². The first-order chi connectivity index (χ1) is 47.9. The smallest absolute Gasteiger partial charge is 0.274 e. The van der Waals surface area contributed by atoms with E-state index in [-0.39, 0.29) is 63.9 Å². The Hall–Kier alpha value is -9.04. The van der Waals surface area contributed by atoms with E-state index in [2.05, 4.69) is 41.9 Å². The molecule has 0 spiro atoms. The van der Waals surface area contributed by atoms with E-state index in [9.17, 15) is 48.6 Å². The summed E-state index contributed by atoms with van der Waals surface area (Å²) in [5.41, 5.74) is -0.422. The first-order valence-corrected chi connectivity index (χ1v) is 34.3. The number of aromatic hydroxyl groups is 2. The van der Waals surface area contributed by atoms with Crippen LogP contribution < -0.4 is 31.9 Å². The zero-order valence-corrected chi connectivity index (χ0v) is 58.6. The number of pyridine rings is 2. The molecule has 0 aliphatic carbocycles. The van der Waals surface area contributed by atoms with Crippen molar-refractivity contribution in [2.45, 2.75) is 49.1 Å². The van der Waals surface area contributed by atoms with Gasteiger partial charge in [0, 0.05) is 105 Å². The summed E-state index contributed by atoms with van der Waals surface area (Å²) in [5.74, 6) is -12.5. The molecule has 2 aromatic carbocycles. The fourth-order valence-electron chi connectivity index (χ4n) is 10.3. The second kappa shape index (κ2) is 40.3. The SMILES string of the molecule is COCCOCCOCC(=O)NCC[C@H]1C(=O)N(C)C[C@@H](NC(=O)c2nc3ccccc3cc2O)C(=O)NCC(=O)N(C)[C@H]2CSSC[C@@H](C(=O)N1C)N(C)C(=O)CNC(=O)[C@H](NC(=O)c1nc3ccccc3cc1O)CN(C)C(=O)[C@H](CCNC(=O)COCCOCCOC)N(C)C2=O. The molecular weight excluding hydrogens is 1350 g/mol. The molecule has 100 heavy (non-hydrogen) atoms. The zero-order chi connectivity index (χ0) is 73.0. The van der Waals surface area contributed by atoms with Crippen LogP contribution in [0.1, 0.15) is 33.8 Å². The second-order valence-corrected chi connectivity index (χ2v) is 25.7. The Bertz CT molecular complexity index is 3320. The van der Waals surface area contributed by atoms with Crippen LogP contribution in [-0.2, 0) is 76.4 Å². The van der Waals surface area contributed by atoms with Crippen molar-refractivity contribution in [2.75, 3.05) is 173 Å². The Morgan fingerprint density at radius 2 is 0.870 bits per heavy atom. The molecule has 2 fully saturated rings. The van der Waals surface area contributed by atoms with Gasteiger partial charge >= 0.3 is 0 Å². The van der Waals surface area contributed by atoms with E-state index in [4.69, 9.17) is 28.4 Å². The van der Waals surface area contributed by atoms with Gasteiger partial charge in [-0.15, -0.1) is 0 Å². The highest BCUT2D eigenvalue weighted by molar-refractivity contribution is 8.76. The largest absolute Gasteiger partial charge is 0.505 e. The Morgan fingerprint density at radius 3 is 1.25 bits per heavy atom. The number of hydrogen-bond acceptors (Lipinski definition) is 24. The number of methoxy groups -OCH3 is 2. The lowest BCUT2D eigenvalue weighted by atomic mass is 10.1. The summed E-state index contributed by atoms with van der Waals surface area (Å²) in [5, 5.41) is 38.4. The van der Waals surface area contributed by atoms with Gasteiger partial charge in [-0.1, -0.05) is 58.0 Å². The van der Waals surface area contributed by atoms with Gasteiger partial charge in [-0.2, -0.15) is 0 Å². The van der Waals surface area contributed by atoms with E-state index < -0.39 is 169 Å². The lowest BCUT2D eigenvalue weighted by molar-refractivity contribution is -0.150. The molecule has 2 aliphatic rings. The minimum absolute atomic E-state index is 0.0489. The van der Waals surface area contributed by atoms with Crippen LogP contribution in [0.4, 0.5) is 0 Å². The summed E-state index contributed by atoms with van der Waals surface area (Å²) in [6.07, 6.45) is -0.611. The van der Waals surface area contributed by atoms with Crippen LogP contribution in [0.25, 0.3) is 21.8 Å². The molecule has 0 unspecified atom stereocenters. The van der Waals surface area contributed by atoms with E-state index in [1.54, 1.807) is 48.5 Å². The van der Waals surface area contributed by atoms with Crippen LogP contribution in [0.15, 0.2) is 60.7 Å². The maximum atomic E-state index is 15.4. The summed E-state index contributed by atoms with van der Waals surface area (Å²) in [6.45, 7) is -2.72. The lowest BCUT2D eigenvalue weighted by Crippen LogP contribution is -2.61. The highest BCUT2D eigenvalue weighted by atomic mass is 33.1. The van der Waals surface area contributed by atoms with Crippen LogP contribution in [0, 0.1) is 0 Å².